The van der Waals surface area contributed by atoms with Crippen molar-refractivity contribution in [3.05, 3.63) is 24.8 Å². The highest BCUT2D eigenvalue weighted by molar-refractivity contribution is 8.00. The quantitative estimate of drug-likeness (QED) is 0.388. The SMILES string of the molecule is NO[C@@H]1C=C[C@@H](SC[C@H]2O[C@@H](n3cnc4c(N)ncnc43)[C@H](O)[C@@H]2O)C1. The predicted octanol–water partition coefficient (Wildman–Crippen LogP) is -0.652. The van der Waals surface area contributed by atoms with Crippen LogP contribution >= 0.6 is 11.8 Å². The second-order valence-electron chi connectivity index (χ2n) is 6.30. The van der Waals surface area contributed by atoms with Crippen LogP contribution in [0.15, 0.2) is 24.8 Å². The van der Waals surface area contributed by atoms with Crippen LogP contribution in [0.4, 0.5) is 5.82 Å². The summed E-state index contributed by atoms with van der Waals surface area (Å²) in [5.41, 5.74) is 6.67. The monoisotopic (exact) mass is 380 g/mol. The van der Waals surface area contributed by atoms with Crippen LogP contribution in [-0.4, -0.2) is 65.2 Å². The van der Waals surface area contributed by atoms with Crippen molar-refractivity contribution in [1.82, 2.24) is 19.5 Å². The number of aliphatic hydroxyl groups excluding tert-OH is 2. The Morgan fingerprint density at radius 2 is 2.12 bits per heavy atom. The maximum absolute atomic E-state index is 10.4. The molecule has 6 atom stereocenters. The normalized spacial score (nSPS) is 34.1. The minimum atomic E-state index is -1.10. The number of fused-ring (bicyclic) bond motifs is 1. The molecule has 0 amide bonds. The molecule has 1 fully saturated rings. The Labute approximate surface area is 153 Å². The zero-order valence-electron chi connectivity index (χ0n) is 13.8. The number of ether oxygens (including phenoxy) is 1. The first-order chi connectivity index (χ1) is 12.6. The average molecular weight is 380 g/mol. The number of rotatable bonds is 5. The second-order valence-corrected chi connectivity index (χ2v) is 7.57. The Morgan fingerprint density at radius 1 is 1.27 bits per heavy atom. The second kappa shape index (κ2) is 7.10. The largest absolute Gasteiger partial charge is 0.387 e. The van der Waals surface area contributed by atoms with Crippen LogP contribution in [0, 0.1) is 0 Å². The molecule has 0 unspecified atom stereocenters. The molecule has 2 aliphatic rings. The van der Waals surface area contributed by atoms with Gasteiger partial charge in [0.2, 0.25) is 0 Å². The lowest BCUT2D eigenvalue weighted by atomic mass is 10.1. The minimum Gasteiger partial charge on any atom is -0.387 e. The number of hydrogen-bond donors (Lipinski definition) is 4. The van der Waals surface area contributed by atoms with E-state index in [4.69, 9.17) is 21.2 Å². The van der Waals surface area contributed by atoms with Gasteiger partial charge in [0.1, 0.15) is 24.1 Å². The number of anilines is 1. The average Bonchev–Trinajstić information content (AvgIpc) is 3.34. The molecule has 0 bridgehead atoms. The van der Waals surface area contributed by atoms with Gasteiger partial charge in [0, 0.05) is 11.0 Å². The summed E-state index contributed by atoms with van der Waals surface area (Å²) in [6, 6.07) is 0. The van der Waals surface area contributed by atoms with Gasteiger partial charge in [-0.3, -0.25) is 9.40 Å². The molecular weight excluding hydrogens is 360 g/mol. The van der Waals surface area contributed by atoms with Gasteiger partial charge in [-0.2, -0.15) is 11.8 Å². The Balaban J connectivity index is 1.46. The van der Waals surface area contributed by atoms with Gasteiger partial charge >= 0.3 is 0 Å². The zero-order valence-corrected chi connectivity index (χ0v) is 14.6. The molecule has 0 saturated carbocycles. The van der Waals surface area contributed by atoms with Crippen LogP contribution in [0.1, 0.15) is 12.6 Å². The van der Waals surface area contributed by atoms with E-state index in [1.807, 2.05) is 12.2 Å². The molecule has 0 aromatic carbocycles. The molecule has 1 aliphatic carbocycles. The van der Waals surface area contributed by atoms with Crippen molar-refractivity contribution in [2.24, 2.45) is 5.90 Å². The third-order valence-electron chi connectivity index (χ3n) is 4.65. The number of hydrogen-bond acceptors (Lipinski definition) is 10. The number of nitrogens with zero attached hydrogens (tertiary/aromatic N) is 4. The molecule has 26 heavy (non-hydrogen) atoms. The maximum Gasteiger partial charge on any atom is 0.167 e. The Bertz CT molecular complexity index is 817. The van der Waals surface area contributed by atoms with Crippen LogP contribution in [0.5, 0.6) is 0 Å². The first-order valence-electron chi connectivity index (χ1n) is 8.18. The topological polar surface area (TPSA) is 155 Å². The fraction of sp³-hybridized carbons (Fsp3) is 0.533. The highest BCUT2D eigenvalue weighted by Crippen LogP contribution is 2.35. The van der Waals surface area contributed by atoms with Crippen LogP contribution < -0.4 is 11.6 Å². The number of imidazole rings is 1. The van der Waals surface area contributed by atoms with E-state index in [9.17, 15) is 10.2 Å². The van der Waals surface area contributed by atoms with E-state index in [2.05, 4.69) is 15.0 Å². The van der Waals surface area contributed by atoms with E-state index in [-0.39, 0.29) is 17.2 Å². The first kappa shape index (κ1) is 17.6. The van der Waals surface area contributed by atoms with Crippen LogP contribution in [-0.2, 0) is 9.57 Å². The summed E-state index contributed by atoms with van der Waals surface area (Å²) in [5.74, 6) is 5.96. The molecule has 1 aliphatic heterocycles. The van der Waals surface area contributed by atoms with E-state index in [0.29, 0.717) is 16.9 Å². The summed E-state index contributed by atoms with van der Waals surface area (Å²) in [7, 11) is 0. The third-order valence-corrected chi connectivity index (χ3v) is 5.95. The highest BCUT2D eigenvalue weighted by Gasteiger charge is 2.44. The third kappa shape index (κ3) is 3.06. The molecule has 0 radical (unpaired) electrons. The van der Waals surface area contributed by atoms with Crippen LogP contribution in [0.3, 0.4) is 0 Å². The smallest absolute Gasteiger partial charge is 0.167 e. The standard InChI is InChI=1S/C15H20N6O4S/c16-13-10-14(19-5-18-13)21(6-20-10)15-12(23)11(22)9(24-15)4-26-8-2-1-7(3-8)25-17/h1-2,5-9,11-12,15,22-23H,3-4,17H2,(H2,16,18,19)/t7-,8-,9-,11-,12-,15-/m1/s1. The molecule has 2 aromatic heterocycles. The molecule has 140 valence electrons. The van der Waals surface area contributed by atoms with E-state index < -0.39 is 24.5 Å². The number of nitrogen functional groups attached to an aromatic ring is 1. The van der Waals surface area contributed by atoms with E-state index >= 15 is 0 Å². The summed E-state index contributed by atoms with van der Waals surface area (Å²) in [6.45, 7) is 0. The number of nitrogens with two attached hydrogens (primary N) is 2. The number of aromatic nitrogens is 4. The number of aliphatic hydroxyl groups is 2. The Morgan fingerprint density at radius 3 is 2.88 bits per heavy atom. The van der Waals surface area contributed by atoms with Crippen molar-refractivity contribution in [1.29, 1.82) is 0 Å². The van der Waals surface area contributed by atoms with E-state index in [1.54, 1.807) is 16.3 Å². The summed E-state index contributed by atoms with van der Waals surface area (Å²) in [4.78, 5) is 17.0. The minimum absolute atomic E-state index is 0.0808. The lowest BCUT2D eigenvalue weighted by Crippen LogP contribution is -2.33. The van der Waals surface area contributed by atoms with Gasteiger partial charge in [-0.25, -0.2) is 20.8 Å². The molecule has 3 heterocycles. The van der Waals surface area contributed by atoms with Gasteiger partial charge in [0.05, 0.1) is 18.5 Å². The Kier molecular flexibility index (Phi) is 4.82. The number of thioether (sulfide) groups is 1. The summed E-state index contributed by atoms with van der Waals surface area (Å²) < 4.78 is 7.48. The summed E-state index contributed by atoms with van der Waals surface area (Å²) in [5, 5.41) is 21.1. The maximum atomic E-state index is 10.4. The van der Waals surface area contributed by atoms with Crippen LogP contribution in [0.2, 0.25) is 0 Å². The summed E-state index contributed by atoms with van der Waals surface area (Å²) >= 11 is 1.62. The molecule has 4 rings (SSSR count). The van der Waals surface area contributed by atoms with Gasteiger partial charge in [0.25, 0.3) is 0 Å². The molecule has 6 N–H and O–H groups in total. The fourth-order valence-electron chi connectivity index (χ4n) is 3.23. The van der Waals surface area contributed by atoms with Crippen LogP contribution in [0.25, 0.3) is 11.2 Å². The van der Waals surface area contributed by atoms with Crippen molar-refractivity contribution in [3.63, 3.8) is 0 Å². The van der Waals surface area contributed by atoms with Gasteiger partial charge < -0.3 is 20.7 Å². The lowest BCUT2D eigenvalue weighted by molar-refractivity contribution is -0.0289. The van der Waals surface area contributed by atoms with Gasteiger partial charge in [-0.05, 0) is 6.42 Å². The highest BCUT2D eigenvalue weighted by atomic mass is 32.2. The zero-order chi connectivity index (χ0) is 18.3. The predicted molar refractivity (Wildman–Crippen MR) is 94.7 cm³/mol. The van der Waals surface area contributed by atoms with E-state index in [0.717, 1.165) is 6.42 Å². The van der Waals surface area contributed by atoms with E-state index in [1.165, 1.54) is 12.7 Å². The van der Waals surface area contributed by atoms with Crippen molar-refractivity contribution in [2.45, 2.75) is 42.3 Å². The molecular formula is C15H20N6O4S. The van der Waals surface area contributed by atoms with Crippen molar-refractivity contribution < 1.29 is 19.8 Å². The van der Waals surface area contributed by atoms with Crippen molar-refractivity contribution >= 4 is 28.7 Å². The fourth-order valence-corrected chi connectivity index (χ4v) is 4.47. The van der Waals surface area contributed by atoms with Crippen molar-refractivity contribution in [3.8, 4) is 0 Å². The molecule has 0 spiro atoms. The summed E-state index contributed by atoms with van der Waals surface area (Å²) in [6.07, 6.45) is 4.00. The molecule has 10 nitrogen and oxygen atoms in total. The lowest BCUT2D eigenvalue weighted by Gasteiger charge is -2.17. The van der Waals surface area contributed by atoms with Gasteiger partial charge in [0.15, 0.2) is 17.7 Å². The first-order valence-corrected chi connectivity index (χ1v) is 9.23. The van der Waals surface area contributed by atoms with Crippen molar-refractivity contribution in [2.75, 3.05) is 11.5 Å². The van der Waals surface area contributed by atoms with Gasteiger partial charge in [-0.1, -0.05) is 12.2 Å². The molecule has 1 saturated heterocycles. The van der Waals surface area contributed by atoms with Gasteiger partial charge in [-0.15, -0.1) is 0 Å². The Hall–Kier alpha value is -1.76. The molecule has 11 heteroatoms. The molecule has 2 aromatic rings.